The zero-order valence-corrected chi connectivity index (χ0v) is 11.9. The number of rotatable bonds is 9. The molecule has 1 aromatic carbocycles. The summed E-state index contributed by atoms with van der Waals surface area (Å²) in [4.78, 5) is 0.176. The summed E-state index contributed by atoms with van der Waals surface area (Å²) >= 11 is 0. The molecule has 108 valence electrons. The van der Waals surface area contributed by atoms with Crippen molar-refractivity contribution in [1.82, 2.24) is 0 Å². The highest BCUT2D eigenvalue weighted by molar-refractivity contribution is 7.86. The van der Waals surface area contributed by atoms with E-state index in [1.54, 1.807) is 12.1 Å². The molecule has 19 heavy (non-hydrogen) atoms. The minimum absolute atomic E-state index is 0.00168. The standard InChI is InChI=1S/C13H20O5S/c1-12-4-6-13(7-5-12)19(15,16)18-10-3-2-9-17-11-8-14/h4-7,14H,2-3,8-11H2,1H3. The minimum Gasteiger partial charge on any atom is -0.394 e. The van der Waals surface area contributed by atoms with Crippen molar-refractivity contribution >= 4 is 10.1 Å². The van der Waals surface area contributed by atoms with E-state index in [2.05, 4.69) is 0 Å². The average molecular weight is 288 g/mol. The highest BCUT2D eigenvalue weighted by Gasteiger charge is 2.14. The summed E-state index contributed by atoms with van der Waals surface area (Å²) in [5.41, 5.74) is 1.000. The first-order valence-electron chi connectivity index (χ1n) is 6.21. The molecule has 0 unspecified atom stereocenters. The monoisotopic (exact) mass is 288 g/mol. The summed E-state index contributed by atoms with van der Waals surface area (Å²) in [7, 11) is -3.66. The SMILES string of the molecule is Cc1ccc(S(=O)(=O)OCCCCOCCO)cc1. The van der Waals surface area contributed by atoms with E-state index < -0.39 is 10.1 Å². The molecule has 0 aliphatic heterocycles. The Morgan fingerprint density at radius 2 is 1.68 bits per heavy atom. The van der Waals surface area contributed by atoms with Gasteiger partial charge in [0.05, 0.1) is 24.7 Å². The first-order valence-corrected chi connectivity index (χ1v) is 7.62. The summed E-state index contributed by atoms with van der Waals surface area (Å²) in [6, 6.07) is 6.54. The van der Waals surface area contributed by atoms with Gasteiger partial charge in [-0.3, -0.25) is 4.18 Å². The highest BCUT2D eigenvalue weighted by Crippen LogP contribution is 2.13. The van der Waals surface area contributed by atoms with Crippen molar-refractivity contribution in [2.75, 3.05) is 26.4 Å². The number of aliphatic hydroxyl groups is 1. The van der Waals surface area contributed by atoms with E-state index in [9.17, 15) is 8.42 Å². The van der Waals surface area contributed by atoms with Crippen LogP contribution in [0.25, 0.3) is 0 Å². The normalized spacial score (nSPS) is 11.7. The van der Waals surface area contributed by atoms with Crippen molar-refractivity contribution in [2.24, 2.45) is 0 Å². The van der Waals surface area contributed by atoms with Gasteiger partial charge >= 0.3 is 0 Å². The molecule has 0 amide bonds. The molecule has 0 heterocycles. The van der Waals surface area contributed by atoms with Crippen LogP contribution < -0.4 is 0 Å². The van der Waals surface area contributed by atoms with Crippen LogP contribution in [0.3, 0.4) is 0 Å². The lowest BCUT2D eigenvalue weighted by Gasteiger charge is -2.06. The van der Waals surface area contributed by atoms with E-state index in [-0.39, 0.29) is 18.1 Å². The van der Waals surface area contributed by atoms with Crippen LogP contribution in [-0.4, -0.2) is 40.0 Å². The second-order valence-corrected chi connectivity index (χ2v) is 5.75. The van der Waals surface area contributed by atoms with E-state index in [0.29, 0.717) is 26.1 Å². The van der Waals surface area contributed by atoms with Crippen LogP contribution in [0.5, 0.6) is 0 Å². The molecule has 6 heteroatoms. The molecular formula is C13H20O5S. The van der Waals surface area contributed by atoms with E-state index >= 15 is 0 Å². The number of aryl methyl sites for hydroxylation is 1. The van der Waals surface area contributed by atoms with Crippen molar-refractivity contribution in [3.63, 3.8) is 0 Å². The fourth-order valence-corrected chi connectivity index (χ4v) is 2.36. The first-order chi connectivity index (χ1) is 9.06. The molecule has 1 aromatic rings. The van der Waals surface area contributed by atoms with Crippen LogP contribution in [0.2, 0.25) is 0 Å². The fourth-order valence-electron chi connectivity index (χ4n) is 1.41. The summed E-state index contributed by atoms with van der Waals surface area (Å²) < 4.78 is 33.6. The van der Waals surface area contributed by atoms with Crippen LogP contribution in [-0.2, 0) is 19.0 Å². The van der Waals surface area contributed by atoms with Gasteiger partial charge in [-0.1, -0.05) is 17.7 Å². The Labute approximate surface area is 114 Å². The number of hydrogen-bond donors (Lipinski definition) is 1. The maximum atomic E-state index is 11.8. The maximum Gasteiger partial charge on any atom is 0.296 e. The van der Waals surface area contributed by atoms with Gasteiger partial charge in [0.1, 0.15) is 0 Å². The lowest BCUT2D eigenvalue weighted by atomic mass is 10.2. The van der Waals surface area contributed by atoms with Gasteiger partial charge in [0.25, 0.3) is 10.1 Å². The number of ether oxygens (including phenoxy) is 1. The van der Waals surface area contributed by atoms with Crippen LogP contribution in [0, 0.1) is 6.92 Å². The summed E-state index contributed by atoms with van der Waals surface area (Å²) in [5.74, 6) is 0. The third-order valence-electron chi connectivity index (χ3n) is 2.47. The van der Waals surface area contributed by atoms with Crippen LogP contribution in [0.1, 0.15) is 18.4 Å². The molecule has 0 saturated carbocycles. The van der Waals surface area contributed by atoms with Gasteiger partial charge in [-0.15, -0.1) is 0 Å². The van der Waals surface area contributed by atoms with Gasteiger partial charge in [-0.25, -0.2) is 0 Å². The topological polar surface area (TPSA) is 72.8 Å². The van der Waals surface area contributed by atoms with Crippen molar-refractivity contribution in [3.05, 3.63) is 29.8 Å². The lowest BCUT2D eigenvalue weighted by molar-refractivity contribution is 0.0879. The second kappa shape index (κ2) is 8.27. The number of aliphatic hydroxyl groups excluding tert-OH is 1. The molecule has 0 radical (unpaired) electrons. The van der Waals surface area contributed by atoms with Crippen LogP contribution >= 0.6 is 0 Å². The number of hydrogen-bond acceptors (Lipinski definition) is 5. The number of benzene rings is 1. The molecule has 0 fully saturated rings. The third-order valence-corrected chi connectivity index (χ3v) is 3.79. The van der Waals surface area contributed by atoms with Crippen molar-refractivity contribution in [1.29, 1.82) is 0 Å². The molecule has 0 spiro atoms. The van der Waals surface area contributed by atoms with Gasteiger partial charge in [0.2, 0.25) is 0 Å². The molecule has 5 nitrogen and oxygen atoms in total. The van der Waals surface area contributed by atoms with Gasteiger partial charge in [0.15, 0.2) is 0 Å². The Balaban J connectivity index is 2.29. The van der Waals surface area contributed by atoms with E-state index in [1.807, 2.05) is 6.92 Å². The second-order valence-electron chi connectivity index (χ2n) is 4.13. The maximum absolute atomic E-state index is 11.8. The quantitative estimate of drug-likeness (QED) is 0.550. The molecule has 0 atom stereocenters. The Morgan fingerprint density at radius 3 is 2.32 bits per heavy atom. The smallest absolute Gasteiger partial charge is 0.296 e. The fraction of sp³-hybridized carbons (Fsp3) is 0.538. The molecule has 0 aliphatic rings. The summed E-state index contributed by atoms with van der Waals surface area (Å²) in [6.07, 6.45) is 1.29. The Bertz CT molecular complexity index is 452. The molecule has 0 aromatic heterocycles. The molecule has 0 saturated heterocycles. The zero-order valence-electron chi connectivity index (χ0n) is 11.0. The van der Waals surface area contributed by atoms with Gasteiger partial charge in [-0.2, -0.15) is 8.42 Å². The van der Waals surface area contributed by atoms with Crippen molar-refractivity contribution < 1.29 is 22.4 Å². The molecule has 0 aliphatic carbocycles. The van der Waals surface area contributed by atoms with Crippen LogP contribution in [0.15, 0.2) is 29.2 Å². The molecular weight excluding hydrogens is 268 g/mol. The highest BCUT2D eigenvalue weighted by atomic mass is 32.2. The number of unbranched alkanes of at least 4 members (excludes halogenated alkanes) is 1. The predicted molar refractivity (Wildman–Crippen MR) is 71.5 cm³/mol. The van der Waals surface area contributed by atoms with Crippen molar-refractivity contribution in [2.45, 2.75) is 24.7 Å². The lowest BCUT2D eigenvalue weighted by Crippen LogP contribution is -2.08. The largest absolute Gasteiger partial charge is 0.394 e. The van der Waals surface area contributed by atoms with Gasteiger partial charge in [-0.05, 0) is 31.9 Å². The van der Waals surface area contributed by atoms with Crippen molar-refractivity contribution in [3.8, 4) is 0 Å². The van der Waals surface area contributed by atoms with Gasteiger partial charge < -0.3 is 9.84 Å². The molecule has 1 N–H and O–H groups in total. The molecule has 1 rings (SSSR count). The Kier molecular flexibility index (Phi) is 7.01. The zero-order chi connectivity index (χ0) is 14.1. The summed E-state index contributed by atoms with van der Waals surface area (Å²) in [6.45, 7) is 2.83. The molecule has 0 bridgehead atoms. The Hall–Kier alpha value is -0.950. The first kappa shape index (κ1) is 16.1. The van der Waals surface area contributed by atoms with E-state index in [4.69, 9.17) is 14.0 Å². The van der Waals surface area contributed by atoms with E-state index in [0.717, 1.165) is 5.56 Å². The predicted octanol–water partition coefficient (Wildman–Crippen LogP) is 1.49. The van der Waals surface area contributed by atoms with Gasteiger partial charge in [0, 0.05) is 6.61 Å². The average Bonchev–Trinajstić information content (AvgIpc) is 2.38. The van der Waals surface area contributed by atoms with E-state index in [1.165, 1.54) is 12.1 Å². The van der Waals surface area contributed by atoms with Crippen LogP contribution in [0.4, 0.5) is 0 Å². The summed E-state index contributed by atoms with van der Waals surface area (Å²) in [5, 5.41) is 8.49. The Morgan fingerprint density at radius 1 is 1.05 bits per heavy atom. The third kappa shape index (κ3) is 6.15. The minimum atomic E-state index is -3.66.